The van der Waals surface area contributed by atoms with Gasteiger partial charge in [-0.25, -0.2) is 0 Å². The van der Waals surface area contributed by atoms with Gasteiger partial charge in [0.25, 0.3) is 0 Å². The highest BCUT2D eigenvalue weighted by Crippen LogP contribution is 2.43. The number of hydrogen-bond donors (Lipinski definition) is 0. The van der Waals surface area contributed by atoms with E-state index in [1.807, 2.05) is 18.2 Å². The summed E-state index contributed by atoms with van der Waals surface area (Å²) in [6, 6.07) is 169. The minimum Gasteiger partial charge on any atom is -0.455 e. The molecule has 0 bridgehead atoms. The summed E-state index contributed by atoms with van der Waals surface area (Å²) in [7, 11) is -6.58. The number of fused-ring (bicyclic) bond motifs is 18. The van der Waals surface area contributed by atoms with E-state index in [2.05, 4.69) is 476 Å². The van der Waals surface area contributed by atoms with Gasteiger partial charge in [-0.3, -0.25) is 0 Å². The molecule has 19 aromatic carbocycles. The van der Waals surface area contributed by atoms with Crippen molar-refractivity contribution in [2.75, 3.05) is 0 Å². The van der Waals surface area contributed by atoms with Crippen molar-refractivity contribution >= 4 is 180 Å². The van der Waals surface area contributed by atoms with Gasteiger partial charge in [0.2, 0.25) is 0 Å². The van der Waals surface area contributed by atoms with E-state index in [1.54, 1.807) is 0 Å². The SMILES string of the molecule is C[Si](C)(C)c1cccc(-n2c3ccccc3c3cc(-c4cccc5c4oc4ccccc45)ccc32)c1.c1ccc([Si](c2ccccc2)(c2ccccc2)c2cccc(-n3c4ccccc4c4cc(-c5cccc6c5oc5ccccc56)ccc43)c2)cc1.c1ccc([Si]2(c3ccccc3)c3ccccc3-c3cc(-n4c5ccccc5c5ccccc54)ccc32)cc1. The third kappa shape index (κ3) is 12.2. The van der Waals surface area contributed by atoms with E-state index in [0.29, 0.717) is 0 Å². The predicted octanol–water partition coefficient (Wildman–Crippen LogP) is 24.8. The Kier molecular flexibility index (Phi) is 18.2. The quantitative estimate of drug-likeness (QED) is 0.0903. The monoisotopic (exact) mass is 1650 g/mol. The highest BCUT2D eigenvalue weighted by molar-refractivity contribution is 7.22. The molecule has 125 heavy (non-hydrogen) atoms. The first-order valence-electron chi connectivity index (χ1n) is 43.3. The first-order valence-corrected chi connectivity index (χ1v) is 50.8. The number of benzene rings is 19. The van der Waals surface area contributed by atoms with Gasteiger partial charge in [-0.05, 0) is 161 Å². The second-order valence-electron chi connectivity index (χ2n) is 34.1. The first-order chi connectivity index (χ1) is 61.7. The van der Waals surface area contributed by atoms with E-state index in [4.69, 9.17) is 8.83 Å². The smallest absolute Gasteiger partial charge is 0.180 e. The summed E-state index contributed by atoms with van der Waals surface area (Å²) in [6.45, 7) is 7.22. The molecule has 0 saturated heterocycles. The molecule has 0 atom stereocenters. The molecule has 25 rings (SSSR count). The Morgan fingerprint density at radius 2 is 0.528 bits per heavy atom. The molecule has 592 valence electrons. The fourth-order valence-corrected chi connectivity index (χ4v) is 31.7. The van der Waals surface area contributed by atoms with Gasteiger partial charge in [-0.2, -0.15) is 0 Å². The van der Waals surface area contributed by atoms with Crippen molar-refractivity contribution < 1.29 is 8.83 Å². The zero-order valence-corrected chi connectivity index (χ0v) is 72.5. The van der Waals surface area contributed by atoms with Crippen LogP contribution in [0.1, 0.15) is 0 Å². The van der Waals surface area contributed by atoms with Crippen LogP contribution < -0.4 is 46.7 Å². The average molecular weight is 1650 g/mol. The lowest BCUT2D eigenvalue weighted by atomic mass is 10.0. The van der Waals surface area contributed by atoms with Gasteiger partial charge < -0.3 is 22.5 Å². The van der Waals surface area contributed by atoms with Crippen LogP contribution in [0.4, 0.5) is 0 Å². The van der Waals surface area contributed by atoms with Crippen molar-refractivity contribution in [3.05, 3.63) is 461 Å². The standard InChI is InChI=1S/C48H33NOSi.C36H25NSi.C33H27NOSi/c1-4-17-36(18-5-1)51(37-19-6-2-7-20-37,38-21-8-3-9-22-38)39-23-14-16-35(33-39)49-45-28-12-10-24-41(45)44-32-34(30-31-46(44)49)40-26-15-27-43-42-25-11-13-29-47(42)50-48(40)43;1-3-13-27(14-4-1)38(28-15-5-2-6-16-28)35-22-12-9-19-31(35)32-25-26(23-24-36(32)38)37-33-20-10-7-17-29(33)30-18-8-11-21-34(30)37;1-36(2,3)24-11-8-10-23(21-24)34-30-16-6-4-12-26(30)29-20-22(18-19-31(29)34)25-14-9-15-28-27-13-5-7-17-32(27)35-33(25)28/h1-33H;1-25H;4-21H,1-3H3. The first kappa shape index (κ1) is 74.9. The van der Waals surface area contributed by atoms with Crippen LogP contribution in [-0.2, 0) is 0 Å². The summed E-state index contributed by atoms with van der Waals surface area (Å²) >= 11 is 0. The summed E-state index contributed by atoms with van der Waals surface area (Å²) in [6.07, 6.45) is 0. The van der Waals surface area contributed by atoms with Crippen molar-refractivity contribution in [2.24, 2.45) is 0 Å². The Labute approximate surface area is 728 Å². The van der Waals surface area contributed by atoms with Crippen LogP contribution in [0.2, 0.25) is 19.6 Å². The molecular formula is C117H85N3O2Si3. The van der Waals surface area contributed by atoms with Crippen molar-refractivity contribution in [2.45, 2.75) is 19.6 Å². The summed E-state index contributed by atoms with van der Waals surface area (Å²) in [5, 5.41) is 24.9. The van der Waals surface area contributed by atoms with Crippen molar-refractivity contribution in [3.8, 4) is 50.4 Å². The van der Waals surface area contributed by atoms with Gasteiger partial charge >= 0.3 is 0 Å². The Hall–Kier alpha value is -15.2. The summed E-state index contributed by atoms with van der Waals surface area (Å²) in [5.74, 6) is 0. The highest BCUT2D eigenvalue weighted by Gasteiger charge is 2.49. The zero-order chi connectivity index (χ0) is 83.3. The molecule has 1 aliphatic heterocycles. The number of hydrogen-bond acceptors (Lipinski definition) is 2. The molecule has 6 heterocycles. The number of nitrogens with zero attached hydrogens (tertiary/aromatic N) is 3. The van der Waals surface area contributed by atoms with E-state index in [0.717, 1.165) is 66.3 Å². The normalized spacial score (nSPS) is 12.5. The fraction of sp³-hybridized carbons (Fsp3) is 0.0256. The van der Waals surface area contributed by atoms with Crippen LogP contribution in [0.3, 0.4) is 0 Å². The van der Waals surface area contributed by atoms with Crippen molar-refractivity contribution in [1.29, 1.82) is 0 Å². The van der Waals surface area contributed by atoms with Gasteiger partial charge in [0, 0.05) is 82.1 Å². The maximum Gasteiger partial charge on any atom is 0.180 e. The molecule has 5 aromatic heterocycles. The molecule has 5 nitrogen and oxygen atoms in total. The molecular weight excluding hydrogens is 1560 g/mol. The van der Waals surface area contributed by atoms with Crippen molar-refractivity contribution in [1.82, 2.24) is 13.7 Å². The van der Waals surface area contributed by atoms with Crippen LogP contribution in [0, 0.1) is 0 Å². The Balaban J connectivity index is 0.000000110. The second-order valence-corrected chi connectivity index (χ2v) is 46.7. The van der Waals surface area contributed by atoms with E-state index >= 15 is 0 Å². The zero-order valence-electron chi connectivity index (χ0n) is 69.5. The highest BCUT2D eigenvalue weighted by atomic mass is 28.3. The van der Waals surface area contributed by atoms with E-state index in [9.17, 15) is 0 Å². The van der Waals surface area contributed by atoms with Crippen LogP contribution in [0.15, 0.2) is 470 Å². The van der Waals surface area contributed by atoms with Crippen LogP contribution >= 0.6 is 0 Å². The number of furan rings is 2. The Morgan fingerprint density at radius 1 is 0.208 bits per heavy atom. The number of rotatable bonds is 12. The Bertz CT molecular complexity index is 8090. The lowest BCUT2D eigenvalue weighted by Gasteiger charge is -2.34. The molecule has 0 unspecified atom stereocenters. The third-order valence-electron chi connectivity index (χ3n) is 26.2. The second kappa shape index (κ2) is 30.5. The van der Waals surface area contributed by atoms with Gasteiger partial charge in [-0.1, -0.05) is 389 Å². The summed E-state index contributed by atoms with van der Waals surface area (Å²) in [4.78, 5) is 0. The minimum absolute atomic E-state index is 0.915. The fourth-order valence-electron chi connectivity index (χ4n) is 20.6. The predicted molar refractivity (Wildman–Crippen MR) is 537 cm³/mol. The minimum atomic E-state index is -2.70. The molecule has 0 aliphatic carbocycles. The van der Waals surface area contributed by atoms with E-state index < -0.39 is 24.2 Å². The molecule has 8 heteroatoms. The molecule has 0 radical (unpaired) electrons. The maximum absolute atomic E-state index is 6.47. The van der Waals surface area contributed by atoms with Gasteiger partial charge in [0.15, 0.2) is 16.1 Å². The van der Waals surface area contributed by atoms with Crippen molar-refractivity contribution in [3.63, 3.8) is 0 Å². The van der Waals surface area contributed by atoms with Crippen LogP contribution in [-0.4, -0.2) is 37.9 Å². The molecule has 24 aromatic rings. The molecule has 0 spiro atoms. The molecule has 0 fully saturated rings. The third-order valence-corrected chi connectivity index (χ3v) is 37.9. The average Bonchev–Trinajstić information content (AvgIpc) is 0.876. The van der Waals surface area contributed by atoms with Crippen LogP contribution in [0.25, 0.3) is 160 Å². The lowest BCUT2D eigenvalue weighted by molar-refractivity contribution is 0.669. The van der Waals surface area contributed by atoms with E-state index in [-0.39, 0.29) is 0 Å². The number of aromatic nitrogens is 3. The Morgan fingerprint density at radius 3 is 0.976 bits per heavy atom. The molecule has 0 N–H and O–H groups in total. The molecule has 0 saturated carbocycles. The van der Waals surface area contributed by atoms with Gasteiger partial charge in [-0.15, -0.1) is 0 Å². The summed E-state index contributed by atoms with van der Waals surface area (Å²) < 4.78 is 20.1. The van der Waals surface area contributed by atoms with Gasteiger partial charge in [0.1, 0.15) is 22.3 Å². The maximum atomic E-state index is 6.47. The lowest BCUT2D eigenvalue weighted by Crippen LogP contribution is -2.74. The topological polar surface area (TPSA) is 41.1 Å². The number of para-hydroxylation sites is 8. The summed E-state index contributed by atoms with van der Waals surface area (Å²) in [5.41, 5.74) is 21.9. The molecule has 0 amide bonds. The van der Waals surface area contributed by atoms with E-state index in [1.165, 1.54) is 140 Å². The van der Waals surface area contributed by atoms with Crippen LogP contribution in [0.5, 0.6) is 0 Å². The largest absolute Gasteiger partial charge is 0.455 e. The van der Waals surface area contributed by atoms with Gasteiger partial charge in [0.05, 0.1) is 41.2 Å². The molecule has 1 aliphatic rings.